The third kappa shape index (κ3) is 3.41. The molecule has 0 amide bonds. The highest BCUT2D eigenvalue weighted by molar-refractivity contribution is 9.10. The van der Waals surface area contributed by atoms with Crippen molar-refractivity contribution in [3.63, 3.8) is 0 Å². The molecule has 0 unspecified atom stereocenters. The van der Waals surface area contributed by atoms with Gasteiger partial charge in [-0.15, -0.1) is 0 Å². The Morgan fingerprint density at radius 3 is 2.71 bits per heavy atom. The van der Waals surface area contributed by atoms with Crippen LogP contribution in [0.3, 0.4) is 0 Å². The SMILES string of the molecule is CCOC([O-])=C1C(=NS(=O)(=O)c2ccc(Br)cc2)SC2=C1CCC2. The molecular weight excluding hydrogens is 414 g/mol. The van der Waals surface area contributed by atoms with Crippen LogP contribution in [0.15, 0.2) is 60.0 Å². The first kappa shape index (κ1) is 17.6. The molecule has 1 aromatic carbocycles. The van der Waals surface area contributed by atoms with Crippen LogP contribution in [0.4, 0.5) is 0 Å². The number of halogens is 1. The molecule has 1 heterocycles. The van der Waals surface area contributed by atoms with Gasteiger partial charge in [-0.2, -0.15) is 12.8 Å². The molecule has 0 spiro atoms. The predicted molar refractivity (Wildman–Crippen MR) is 95.9 cm³/mol. The number of hydrogen-bond donors (Lipinski definition) is 0. The van der Waals surface area contributed by atoms with Gasteiger partial charge in [0.2, 0.25) is 0 Å². The third-order valence-electron chi connectivity index (χ3n) is 3.70. The van der Waals surface area contributed by atoms with E-state index in [-0.39, 0.29) is 16.5 Å². The average molecular weight is 429 g/mol. The summed E-state index contributed by atoms with van der Waals surface area (Å²) in [6, 6.07) is 6.24. The summed E-state index contributed by atoms with van der Waals surface area (Å²) in [4.78, 5) is 1.12. The Bertz CT molecular complexity index is 855. The molecule has 1 aliphatic carbocycles. The zero-order chi connectivity index (χ0) is 17.3. The molecule has 8 heteroatoms. The lowest BCUT2D eigenvalue weighted by Crippen LogP contribution is -2.15. The fraction of sp³-hybridized carbons (Fsp3) is 0.312. The molecule has 0 aromatic heterocycles. The zero-order valence-corrected chi connectivity index (χ0v) is 16.1. The number of rotatable bonds is 4. The Morgan fingerprint density at radius 2 is 2.04 bits per heavy atom. The van der Waals surface area contributed by atoms with Crippen LogP contribution in [0, 0.1) is 0 Å². The van der Waals surface area contributed by atoms with Crippen molar-refractivity contribution in [1.82, 2.24) is 0 Å². The molecule has 24 heavy (non-hydrogen) atoms. The normalized spacial score (nSPS) is 21.3. The number of hydrogen-bond acceptors (Lipinski definition) is 5. The predicted octanol–water partition coefficient (Wildman–Crippen LogP) is 3.33. The van der Waals surface area contributed by atoms with E-state index in [1.807, 2.05) is 0 Å². The van der Waals surface area contributed by atoms with Crippen molar-refractivity contribution in [1.29, 1.82) is 0 Å². The van der Waals surface area contributed by atoms with E-state index in [9.17, 15) is 13.5 Å². The number of nitrogens with zero attached hydrogens (tertiary/aromatic N) is 1. The van der Waals surface area contributed by atoms with Crippen molar-refractivity contribution >= 4 is 42.8 Å². The minimum absolute atomic E-state index is 0.0917. The maximum atomic E-state index is 12.5. The molecule has 0 saturated heterocycles. The fourth-order valence-corrected chi connectivity index (χ4v) is 5.35. The maximum absolute atomic E-state index is 12.5. The summed E-state index contributed by atoms with van der Waals surface area (Å²) in [5, 5.41) is 12.5. The highest BCUT2D eigenvalue weighted by Gasteiger charge is 2.32. The van der Waals surface area contributed by atoms with E-state index in [2.05, 4.69) is 20.3 Å². The van der Waals surface area contributed by atoms with Gasteiger partial charge in [0, 0.05) is 10.0 Å². The van der Waals surface area contributed by atoms with E-state index in [1.54, 1.807) is 19.1 Å². The molecule has 1 aliphatic heterocycles. The molecule has 0 N–H and O–H groups in total. The van der Waals surface area contributed by atoms with Crippen LogP contribution < -0.4 is 5.11 Å². The minimum Gasteiger partial charge on any atom is -0.613 e. The van der Waals surface area contributed by atoms with Crippen molar-refractivity contribution < 1.29 is 18.3 Å². The van der Waals surface area contributed by atoms with Crippen molar-refractivity contribution in [3.8, 4) is 0 Å². The first-order valence-electron chi connectivity index (χ1n) is 7.47. The fourth-order valence-electron chi connectivity index (χ4n) is 2.64. The van der Waals surface area contributed by atoms with Gasteiger partial charge < -0.3 is 9.84 Å². The van der Waals surface area contributed by atoms with Gasteiger partial charge in [-0.25, -0.2) is 0 Å². The molecule has 0 atom stereocenters. The summed E-state index contributed by atoms with van der Waals surface area (Å²) in [6.07, 6.45) is 2.57. The van der Waals surface area contributed by atoms with E-state index in [0.29, 0.717) is 5.57 Å². The van der Waals surface area contributed by atoms with Gasteiger partial charge in [-0.1, -0.05) is 34.6 Å². The second-order valence-electron chi connectivity index (χ2n) is 5.28. The summed E-state index contributed by atoms with van der Waals surface area (Å²) < 4.78 is 34.9. The summed E-state index contributed by atoms with van der Waals surface area (Å²) in [6.45, 7) is 1.96. The summed E-state index contributed by atoms with van der Waals surface area (Å²) in [5.74, 6) is -0.498. The molecule has 1 aromatic rings. The molecule has 3 rings (SSSR count). The Kier molecular flexibility index (Phi) is 5.08. The second-order valence-corrected chi connectivity index (χ2v) is 8.88. The molecule has 2 aliphatic rings. The van der Waals surface area contributed by atoms with Gasteiger partial charge >= 0.3 is 0 Å². The largest absolute Gasteiger partial charge is 0.613 e. The van der Waals surface area contributed by atoms with Crippen molar-refractivity contribution in [3.05, 3.63) is 50.7 Å². The quantitative estimate of drug-likeness (QED) is 0.687. The van der Waals surface area contributed by atoms with Crippen LogP contribution in [0.5, 0.6) is 0 Å². The molecule has 5 nitrogen and oxygen atoms in total. The van der Waals surface area contributed by atoms with Gasteiger partial charge in [-0.3, -0.25) is 0 Å². The van der Waals surface area contributed by atoms with Crippen LogP contribution in [0.2, 0.25) is 0 Å². The lowest BCUT2D eigenvalue weighted by atomic mass is 10.1. The van der Waals surface area contributed by atoms with Gasteiger partial charge in [0.05, 0.1) is 10.8 Å². The van der Waals surface area contributed by atoms with Crippen molar-refractivity contribution in [2.24, 2.45) is 4.40 Å². The van der Waals surface area contributed by atoms with E-state index in [0.717, 1.165) is 34.2 Å². The lowest BCUT2D eigenvalue weighted by Gasteiger charge is -2.17. The average Bonchev–Trinajstić information content (AvgIpc) is 3.07. The summed E-state index contributed by atoms with van der Waals surface area (Å²) in [5.41, 5.74) is 1.21. The van der Waals surface area contributed by atoms with Crippen LogP contribution in [-0.4, -0.2) is 20.1 Å². The van der Waals surface area contributed by atoms with E-state index < -0.39 is 16.0 Å². The lowest BCUT2D eigenvalue weighted by molar-refractivity contribution is -0.357. The Balaban J connectivity index is 2.03. The summed E-state index contributed by atoms with van der Waals surface area (Å²) in [7, 11) is -3.88. The smallest absolute Gasteiger partial charge is 0.283 e. The molecule has 0 saturated carbocycles. The molecule has 0 radical (unpaired) electrons. The van der Waals surface area contributed by atoms with E-state index in [4.69, 9.17) is 4.74 Å². The first-order chi connectivity index (χ1) is 11.4. The first-order valence-corrected chi connectivity index (χ1v) is 10.5. The molecular formula is C16H15BrNO4S2-. The van der Waals surface area contributed by atoms with Crippen LogP contribution in [0.1, 0.15) is 26.2 Å². The number of sulfonamides is 1. The van der Waals surface area contributed by atoms with Crippen LogP contribution in [0.25, 0.3) is 0 Å². The monoisotopic (exact) mass is 428 g/mol. The number of thioether (sulfide) groups is 1. The molecule has 0 bridgehead atoms. The van der Waals surface area contributed by atoms with E-state index in [1.165, 1.54) is 23.9 Å². The standard InChI is InChI=1S/C16H16BrNO4S2/c1-2-22-16(19)14-12-4-3-5-13(12)23-15(14)18-24(20,21)11-8-6-10(17)7-9-11/h6-9,19H,2-5H2,1H3/p-1. The van der Waals surface area contributed by atoms with Gasteiger partial charge in [-0.05, 0) is 60.6 Å². The van der Waals surface area contributed by atoms with Crippen LogP contribution in [-0.2, 0) is 14.8 Å². The summed E-state index contributed by atoms with van der Waals surface area (Å²) >= 11 is 4.54. The number of ether oxygens (including phenoxy) is 1. The van der Waals surface area contributed by atoms with E-state index >= 15 is 0 Å². The van der Waals surface area contributed by atoms with Crippen molar-refractivity contribution in [2.45, 2.75) is 31.1 Å². The van der Waals surface area contributed by atoms with Crippen LogP contribution >= 0.6 is 27.7 Å². The second kappa shape index (κ2) is 6.93. The Hall–Kier alpha value is -1.25. The molecule has 0 fully saturated rings. The Labute approximate surface area is 153 Å². The maximum Gasteiger partial charge on any atom is 0.283 e. The highest BCUT2D eigenvalue weighted by atomic mass is 79.9. The van der Waals surface area contributed by atoms with Gasteiger partial charge in [0.15, 0.2) is 0 Å². The highest BCUT2D eigenvalue weighted by Crippen LogP contribution is 2.48. The topological polar surface area (TPSA) is 78.8 Å². The number of benzene rings is 1. The zero-order valence-electron chi connectivity index (χ0n) is 12.9. The third-order valence-corrected chi connectivity index (χ3v) is 6.82. The number of allylic oxidation sites excluding steroid dienone is 2. The minimum atomic E-state index is -3.88. The Morgan fingerprint density at radius 1 is 1.33 bits per heavy atom. The van der Waals surface area contributed by atoms with Crippen molar-refractivity contribution in [2.75, 3.05) is 6.61 Å². The van der Waals surface area contributed by atoms with Gasteiger partial charge in [0.1, 0.15) is 5.04 Å². The molecule has 128 valence electrons. The van der Waals surface area contributed by atoms with Gasteiger partial charge in [0.25, 0.3) is 10.0 Å².